The van der Waals surface area contributed by atoms with Gasteiger partial charge in [0, 0.05) is 19.7 Å². The SMILES string of the molecule is CCC(CC)c1cc(C)nn2c(-c3sc(N(C)C)nc3Cl)c(C)nc12.CS(=O)(=O)O. The zero-order valence-electron chi connectivity index (χ0n) is 18.3. The molecule has 30 heavy (non-hydrogen) atoms. The number of thiazole rings is 1. The molecule has 0 fully saturated rings. The van der Waals surface area contributed by atoms with Crippen LogP contribution in [0.25, 0.3) is 16.2 Å². The van der Waals surface area contributed by atoms with Gasteiger partial charge in [0.15, 0.2) is 15.9 Å². The molecule has 0 unspecified atom stereocenters. The van der Waals surface area contributed by atoms with E-state index in [4.69, 9.17) is 26.2 Å². The van der Waals surface area contributed by atoms with Crippen LogP contribution in [0.1, 0.15) is 49.6 Å². The molecule has 3 heterocycles. The van der Waals surface area contributed by atoms with Crippen molar-refractivity contribution >= 4 is 43.8 Å². The molecule has 11 heteroatoms. The monoisotopic (exact) mass is 473 g/mol. The van der Waals surface area contributed by atoms with Crippen LogP contribution in [0.4, 0.5) is 5.13 Å². The summed E-state index contributed by atoms with van der Waals surface area (Å²) in [6.07, 6.45) is 2.89. The third-order valence-corrected chi connectivity index (χ3v) is 6.12. The van der Waals surface area contributed by atoms with E-state index < -0.39 is 10.1 Å². The Morgan fingerprint density at radius 1 is 1.23 bits per heavy atom. The maximum atomic E-state index is 9.19. The average molecular weight is 474 g/mol. The van der Waals surface area contributed by atoms with Crippen LogP contribution in [0.2, 0.25) is 5.15 Å². The number of aromatic nitrogens is 4. The fourth-order valence-electron chi connectivity index (χ4n) is 3.20. The summed E-state index contributed by atoms with van der Waals surface area (Å²) in [6.45, 7) is 8.49. The highest BCUT2D eigenvalue weighted by Crippen LogP contribution is 2.39. The lowest BCUT2D eigenvalue weighted by Gasteiger charge is -2.14. The zero-order chi connectivity index (χ0) is 22.8. The number of nitrogens with zero attached hydrogens (tertiary/aromatic N) is 5. The van der Waals surface area contributed by atoms with Crippen molar-refractivity contribution in [3.05, 3.63) is 28.2 Å². The minimum Gasteiger partial charge on any atom is -0.354 e. The van der Waals surface area contributed by atoms with Crippen molar-refractivity contribution in [1.82, 2.24) is 19.6 Å². The molecule has 0 saturated heterocycles. The largest absolute Gasteiger partial charge is 0.354 e. The predicted molar refractivity (Wildman–Crippen MR) is 124 cm³/mol. The van der Waals surface area contributed by atoms with Crippen LogP contribution in [0.3, 0.4) is 0 Å². The van der Waals surface area contributed by atoms with Crippen molar-refractivity contribution in [2.45, 2.75) is 46.5 Å². The number of fused-ring (bicyclic) bond motifs is 1. The molecule has 0 amide bonds. The Morgan fingerprint density at radius 2 is 1.80 bits per heavy atom. The fourth-order valence-corrected chi connectivity index (χ4v) is 4.49. The van der Waals surface area contributed by atoms with Gasteiger partial charge in [-0.3, -0.25) is 4.55 Å². The van der Waals surface area contributed by atoms with Gasteiger partial charge in [0.25, 0.3) is 10.1 Å². The van der Waals surface area contributed by atoms with Crippen molar-refractivity contribution in [2.75, 3.05) is 25.3 Å². The Bertz CT molecular complexity index is 1130. The number of aryl methyl sites for hydroxylation is 2. The highest BCUT2D eigenvalue weighted by atomic mass is 35.5. The normalized spacial score (nSPS) is 11.7. The lowest BCUT2D eigenvalue weighted by Crippen LogP contribution is -2.07. The Labute approximate surface area is 186 Å². The van der Waals surface area contributed by atoms with E-state index in [0.29, 0.717) is 17.3 Å². The van der Waals surface area contributed by atoms with Gasteiger partial charge in [-0.05, 0) is 38.7 Å². The fraction of sp³-hybridized carbons (Fsp3) is 0.526. The van der Waals surface area contributed by atoms with Crippen molar-refractivity contribution < 1.29 is 13.0 Å². The van der Waals surface area contributed by atoms with Gasteiger partial charge in [-0.25, -0.2) is 14.5 Å². The molecule has 3 aromatic rings. The van der Waals surface area contributed by atoms with Gasteiger partial charge in [0.1, 0.15) is 5.69 Å². The predicted octanol–water partition coefficient (Wildman–Crippen LogP) is 4.60. The summed E-state index contributed by atoms with van der Waals surface area (Å²) in [7, 11) is 0.266. The smallest absolute Gasteiger partial charge is 0.261 e. The van der Waals surface area contributed by atoms with E-state index in [9.17, 15) is 8.42 Å². The maximum Gasteiger partial charge on any atom is 0.261 e. The van der Waals surface area contributed by atoms with E-state index in [1.54, 1.807) is 11.3 Å². The van der Waals surface area contributed by atoms with Crippen molar-refractivity contribution in [3.63, 3.8) is 0 Å². The third kappa shape index (κ3) is 5.69. The molecule has 0 aliphatic heterocycles. The first-order valence-electron chi connectivity index (χ1n) is 9.50. The average Bonchev–Trinajstić information content (AvgIpc) is 3.14. The molecule has 0 aromatic carbocycles. The number of hydrogen-bond acceptors (Lipinski definition) is 7. The molecule has 166 valence electrons. The van der Waals surface area contributed by atoms with Gasteiger partial charge in [-0.1, -0.05) is 36.8 Å². The summed E-state index contributed by atoms with van der Waals surface area (Å²) in [4.78, 5) is 12.2. The Kier molecular flexibility index (Phi) is 7.84. The van der Waals surface area contributed by atoms with Crippen LogP contribution in [0.15, 0.2) is 6.07 Å². The summed E-state index contributed by atoms with van der Waals surface area (Å²) in [6, 6.07) is 2.17. The number of hydrogen-bond donors (Lipinski definition) is 1. The maximum absolute atomic E-state index is 9.19. The van der Waals surface area contributed by atoms with E-state index in [1.165, 1.54) is 5.56 Å². The van der Waals surface area contributed by atoms with Crippen LogP contribution in [-0.2, 0) is 10.1 Å². The number of halogens is 1. The number of anilines is 1. The lowest BCUT2D eigenvalue weighted by atomic mass is 9.95. The highest BCUT2D eigenvalue weighted by molar-refractivity contribution is 7.85. The topological polar surface area (TPSA) is 101 Å². The second kappa shape index (κ2) is 9.59. The Balaban J connectivity index is 0.000000575. The summed E-state index contributed by atoms with van der Waals surface area (Å²) in [5.41, 5.74) is 5.06. The molecule has 0 aliphatic rings. The van der Waals surface area contributed by atoms with Gasteiger partial charge in [0.2, 0.25) is 0 Å². The van der Waals surface area contributed by atoms with E-state index in [2.05, 4.69) is 24.9 Å². The van der Waals surface area contributed by atoms with Crippen LogP contribution in [0, 0.1) is 13.8 Å². The molecular weight excluding hydrogens is 446 g/mol. The standard InChI is InChI=1S/C18H24ClN5S.CH4O3S/c1-7-12(8-2)13-9-10(3)22-24-14(11(4)20-17(13)24)15-16(19)21-18(25-15)23(5)6;1-5(2,3)4/h9,12H,7-8H2,1-6H3;1H3,(H,2,3,4). The van der Waals surface area contributed by atoms with E-state index in [0.717, 1.165) is 45.6 Å². The van der Waals surface area contributed by atoms with E-state index >= 15 is 0 Å². The van der Waals surface area contributed by atoms with Gasteiger partial charge in [-0.15, -0.1) is 0 Å². The van der Waals surface area contributed by atoms with Crippen LogP contribution >= 0.6 is 22.9 Å². The molecule has 8 nitrogen and oxygen atoms in total. The highest BCUT2D eigenvalue weighted by Gasteiger charge is 2.23. The molecule has 0 spiro atoms. The number of imidazole rings is 1. The van der Waals surface area contributed by atoms with Gasteiger partial charge < -0.3 is 4.90 Å². The first-order chi connectivity index (χ1) is 13.9. The van der Waals surface area contributed by atoms with Gasteiger partial charge >= 0.3 is 0 Å². The van der Waals surface area contributed by atoms with Crippen LogP contribution in [0.5, 0.6) is 0 Å². The number of rotatable bonds is 5. The first kappa shape index (κ1) is 24.5. The van der Waals surface area contributed by atoms with Gasteiger partial charge in [0.05, 0.1) is 22.5 Å². The lowest BCUT2D eigenvalue weighted by molar-refractivity contribution is 0.490. The van der Waals surface area contributed by atoms with Crippen molar-refractivity contribution in [2.24, 2.45) is 0 Å². The van der Waals surface area contributed by atoms with Crippen LogP contribution < -0.4 is 4.90 Å². The van der Waals surface area contributed by atoms with Crippen molar-refractivity contribution in [3.8, 4) is 10.6 Å². The molecule has 1 N–H and O–H groups in total. The van der Waals surface area contributed by atoms with Crippen molar-refractivity contribution in [1.29, 1.82) is 0 Å². The second-order valence-corrected chi connectivity index (χ2v) is 10.1. The quantitative estimate of drug-likeness (QED) is 0.540. The molecule has 0 bridgehead atoms. The molecule has 3 rings (SSSR count). The summed E-state index contributed by atoms with van der Waals surface area (Å²) in [5.74, 6) is 0.480. The van der Waals surface area contributed by atoms with Crippen LogP contribution in [-0.4, -0.2) is 52.9 Å². The Hall–Kier alpha value is -1.75. The van der Waals surface area contributed by atoms with E-state index in [1.807, 2.05) is 37.4 Å². The molecule has 0 radical (unpaired) electrons. The minimum absolute atomic E-state index is 0.480. The molecular formula is C19H28ClN5O3S2. The first-order valence-corrected chi connectivity index (χ1v) is 12.5. The molecule has 0 saturated carbocycles. The Morgan fingerprint density at radius 3 is 2.27 bits per heavy atom. The third-order valence-electron chi connectivity index (χ3n) is 4.51. The van der Waals surface area contributed by atoms with E-state index in [-0.39, 0.29) is 0 Å². The summed E-state index contributed by atoms with van der Waals surface area (Å²) < 4.78 is 27.8. The second-order valence-electron chi connectivity index (χ2n) is 7.28. The molecule has 0 aliphatic carbocycles. The summed E-state index contributed by atoms with van der Waals surface area (Å²) in [5, 5.41) is 6.12. The molecule has 0 atom stereocenters. The zero-order valence-corrected chi connectivity index (χ0v) is 20.7. The van der Waals surface area contributed by atoms with Gasteiger partial charge in [-0.2, -0.15) is 13.5 Å². The minimum atomic E-state index is -3.67. The molecule has 3 aromatic heterocycles. The summed E-state index contributed by atoms with van der Waals surface area (Å²) >= 11 is 8.02.